The van der Waals surface area contributed by atoms with Crippen LogP contribution >= 0.6 is 0 Å². The molecule has 0 spiro atoms. The van der Waals surface area contributed by atoms with Crippen LogP contribution in [0.2, 0.25) is 0 Å². The second-order valence-corrected chi connectivity index (χ2v) is 8.97. The molecule has 0 aliphatic carbocycles. The molecule has 8 heteroatoms. The number of piperidine rings is 1. The van der Waals surface area contributed by atoms with E-state index in [0.717, 1.165) is 13.1 Å². The van der Waals surface area contributed by atoms with Gasteiger partial charge in [-0.3, -0.25) is 9.59 Å². The van der Waals surface area contributed by atoms with E-state index in [4.69, 9.17) is 4.74 Å². The van der Waals surface area contributed by atoms with Gasteiger partial charge in [-0.15, -0.1) is 0 Å². The summed E-state index contributed by atoms with van der Waals surface area (Å²) in [7, 11) is 0. The topological polar surface area (TPSA) is 91.0 Å². The maximum absolute atomic E-state index is 12.5. The highest BCUT2D eigenvalue weighted by Crippen LogP contribution is 2.26. The molecular weight excluding hydrogens is 384 g/mol. The maximum atomic E-state index is 12.5. The van der Waals surface area contributed by atoms with E-state index in [0.29, 0.717) is 37.2 Å². The summed E-state index contributed by atoms with van der Waals surface area (Å²) in [5.41, 5.74) is 0.713. The number of anilines is 1. The van der Waals surface area contributed by atoms with Crippen molar-refractivity contribution >= 4 is 23.6 Å². The normalized spacial score (nSPS) is 17.8. The summed E-state index contributed by atoms with van der Waals surface area (Å²) in [6, 6.07) is 7.30. The highest BCUT2D eigenvalue weighted by Gasteiger charge is 2.31. The van der Waals surface area contributed by atoms with Crippen LogP contribution in [0.5, 0.6) is 0 Å². The second-order valence-electron chi connectivity index (χ2n) is 8.97. The van der Waals surface area contributed by atoms with Crippen LogP contribution in [0.25, 0.3) is 0 Å². The van der Waals surface area contributed by atoms with E-state index in [-0.39, 0.29) is 30.0 Å². The molecule has 0 radical (unpaired) electrons. The van der Waals surface area contributed by atoms with Crippen molar-refractivity contribution < 1.29 is 19.1 Å². The summed E-state index contributed by atoms with van der Waals surface area (Å²) in [5.74, 6) is -0.210. The largest absolute Gasteiger partial charge is 0.444 e. The SMILES string of the molecule is CC(=O)N(c1cccc(C(=O)NC2CNC2)c1)C1CCN(C(=O)OC(C)(C)C)CC1. The average molecular weight is 417 g/mol. The van der Waals surface area contributed by atoms with Gasteiger partial charge in [0.1, 0.15) is 5.60 Å². The molecule has 2 aliphatic rings. The summed E-state index contributed by atoms with van der Waals surface area (Å²) < 4.78 is 5.45. The van der Waals surface area contributed by atoms with Crippen molar-refractivity contribution in [2.45, 2.75) is 58.2 Å². The molecule has 0 unspecified atom stereocenters. The van der Waals surface area contributed by atoms with E-state index >= 15 is 0 Å². The van der Waals surface area contributed by atoms with Gasteiger partial charge in [0.05, 0.1) is 6.04 Å². The predicted molar refractivity (Wildman–Crippen MR) is 115 cm³/mol. The van der Waals surface area contributed by atoms with Gasteiger partial charge >= 0.3 is 6.09 Å². The van der Waals surface area contributed by atoms with E-state index in [2.05, 4.69) is 10.6 Å². The molecule has 2 saturated heterocycles. The van der Waals surface area contributed by atoms with Crippen LogP contribution < -0.4 is 15.5 Å². The number of carbonyl (C=O) groups excluding carboxylic acids is 3. The van der Waals surface area contributed by atoms with Crippen molar-refractivity contribution in [1.82, 2.24) is 15.5 Å². The molecule has 3 rings (SSSR count). The number of benzene rings is 1. The third kappa shape index (κ3) is 5.50. The molecule has 8 nitrogen and oxygen atoms in total. The Morgan fingerprint density at radius 2 is 1.83 bits per heavy atom. The molecule has 0 aromatic heterocycles. The molecule has 1 aromatic carbocycles. The van der Waals surface area contributed by atoms with Gasteiger partial charge in [0, 0.05) is 50.4 Å². The Balaban J connectivity index is 1.66. The maximum Gasteiger partial charge on any atom is 0.410 e. The summed E-state index contributed by atoms with van der Waals surface area (Å²) in [4.78, 5) is 40.7. The van der Waals surface area contributed by atoms with Crippen molar-refractivity contribution in [2.24, 2.45) is 0 Å². The lowest BCUT2D eigenvalue weighted by Crippen LogP contribution is -2.56. The molecule has 3 amide bonds. The van der Waals surface area contributed by atoms with Crippen molar-refractivity contribution in [1.29, 1.82) is 0 Å². The lowest BCUT2D eigenvalue weighted by Gasteiger charge is -2.38. The first-order chi connectivity index (χ1) is 14.1. The molecule has 0 atom stereocenters. The quantitative estimate of drug-likeness (QED) is 0.785. The summed E-state index contributed by atoms with van der Waals surface area (Å²) in [5, 5.41) is 6.11. The number of hydrogen-bond acceptors (Lipinski definition) is 5. The van der Waals surface area contributed by atoms with Crippen LogP contribution in [0.15, 0.2) is 24.3 Å². The van der Waals surface area contributed by atoms with Gasteiger partial charge in [-0.2, -0.15) is 0 Å². The van der Waals surface area contributed by atoms with E-state index in [1.165, 1.54) is 6.92 Å². The van der Waals surface area contributed by atoms with Gasteiger partial charge in [0.15, 0.2) is 0 Å². The molecule has 0 bridgehead atoms. The molecule has 30 heavy (non-hydrogen) atoms. The average Bonchev–Trinajstić information content (AvgIpc) is 2.64. The van der Waals surface area contributed by atoms with Crippen LogP contribution in [0.4, 0.5) is 10.5 Å². The fraction of sp³-hybridized carbons (Fsp3) is 0.591. The number of nitrogens with one attached hydrogen (secondary N) is 2. The first-order valence-corrected chi connectivity index (χ1v) is 10.5. The van der Waals surface area contributed by atoms with Crippen LogP contribution in [0.3, 0.4) is 0 Å². The summed E-state index contributed by atoms with van der Waals surface area (Å²) in [6.07, 6.45) is 0.992. The first-order valence-electron chi connectivity index (χ1n) is 10.5. The van der Waals surface area contributed by atoms with Gasteiger partial charge in [-0.25, -0.2) is 4.79 Å². The van der Waals surface area contributed by atoms with Crippen molar-refractivity contribution in [3.05, 3.63) is 29.8 Å². The highest BCUT2D eigenvalue weighted by molar-refractivity contribution is 5.98. The fourth-order valence-corrected chi connectivity index (χ4v) is 3.74. The Hall–Kier alpha value is -2.61. The standard InChI is InChI=1S/C22H32N4O4/c1-15(27)26(18-8-10-25(11-9-18)21(29)30-22(2,3)4)19-7-5-6-16(12-19)20(28)24-17-13-23-14-17/h5-7,12,17-18,23H,8-11,13-14H2,1-4H3,(H,24,28). The third-order valence-corrected chi connectivity index (χ3v) is 5.32. The number of ether oxygens (including phenoxy) is 1. The van der Waals surface area contributed by atoms with Crippen LogP contribution in [0.1, 0.15) is 50.9 Å². The van der Waals surface area contributed by atoms with Gasteiger partial charge in [0.2, 0.25) is 5.91 Å². The lowest BCUT2D eigenvalue weighted by molar-refractivity contribution is -0.117. The van der Waals surface area contributed by atoms with Crippen molar-refractivity contribution in [2.75, 3.05) is 31.1 Å². The van der Waals surface area contributed by atoms with Crippen LogP contribution in [-0.4, -0.2) is 66.7 Å². The Labute approximate surface area is 177 Å². The predicted octanol–water partition coefficient (Wildman–Crippen LogP) is 2.14. The Morgan fingerprint density at radius 1 is 1.17 bits per heavy atom. The van der Waals surface area contributed by atoms with E-state index in [1.807, 2.05) is 26.8 Å². The highest BCUT2D eigenvalue weighted by atomic mass is 16.6. The molecule has 2 aliphatic heterocycles. The Kier molecular flexibility index (Phi) is 6.65. The van der Waals surface area contributed by atoms with Gasteiger partial charge < -0.3 is 25.2 Å². The molecule has 0 saturated carbocycles. The number of rotatable bonds is 4. The minimum atomic E-state index is -0.532. The Bertz CT molecular complexity index is 793. The minimum absolute atomic E-state index is 0.0321. The molecule has 164 valence electrons. The van der Waals surface area contributed by atoms with E-state index in [9.17, 15) is 14.4 Å². The number of hydrogen-bond donors (Lipinski definition) is 2. The smallest absolute Gasteiger partial charge is 0.410 e. The molecule has 2 N–H and O–H groups in total. The fourth-order valence-electron chi connectivity index (χ4n) is 3.74. The summed E-state index contributed by atoms with van der Waals surface area (Å²) >= 11 is 0. The van der Waals surface area contributed by atoms with Crippen molar-refractivity contribution in [3.8, 4) is 0 Å². The van der Waals surface area contributed by atoms with E-state index in [1.54, 1.807) is 28.0 Å². The van der Waals surface area contributed by atoms with Gasteiger partial charge in [-0.05, 0) is 51.8 Å². The molecule has 2 fully saturated rings. The Morgan fingerprint density at radius 3 is 2.37 bits per heavy atom. The van der Waals surface area contributed by atoms with Crippen LogP contribution in [-0.2, 0) is 9.53 Å². The number of amides is 3. The zero-order valence-electron chi connectivity index (χ0n) is 18.2. The number of likely N-dealkylation sites (tertiary alicyclic amines) is 1. The van der Waals surface area contributed by atoms with E-state index < -0.39 is 5.60 Å². The first kappa shape index (κ1) is 22.1. The van der Waals surface area contributed by atoms with Crippen LogP contribution in [0, 0.1) is 0 Å². The lowest BCUT2D eigenvalue weighted by atomic mass is 10.0. The molecule has 2 heterocycles. The summed E-state index contributed by atoms with van der Waals surface area (Å²) in [6.45, 7) is 9.69. The third-order valence-electron chi connectivity index (χ3n) is 5.32. The minimum Gasteiger partial charge on any atom is -0.444 e. The van der Waals surface area contributed by atoms with Crippen molar-refractivity contribution in [3.63, 3.8) is 0 Å². The zero-order valence-corrected chi connectivity index (χ0v) is 18.2. The molecule has 1 aromatic rings. The zero-order chi connectivity index (χ0) is 21.9. The second kappa shape index (κ2) is 9.04. The number of nitrogens with zero attached hydrogens (tertiary/aromatic N) is 2. The van der Waals surface area contributed by atoms with Gasteiger partial charge in [-0.1, -0.05) is 6.07 Å². The number of carbonyl (C=O) groups is 3. The monoisotopic (exact) mass is 416 g/mol. The molecular formula is C22H32N4O4. The van der Waals surface area contributed by atoms with Gasteiger partial charge in [0.25, 0.3) is 5.91 Å².